The first kappa shape index (κ1) is 14.6. The van der Waals surface area contributed by atoms with E-state index in [0.717, 1.165) is 6.42 Å². The van der Waals surface area contributed by atoms with Crippen molar-refractivity contribution in [2.24, 2.45) is 5.73 Å². The number of rotatable bonds is 5. The summed E-state index contributed by atoms with van der Waals surface area (Å²) in [5.74, 6) is 1.32. The summed E-state index contributed by atoms with van der Waals surface area (Å²) >= 11 is 0. The highest BCUT2D eigenvalue weighted by atomic mass is 35.5. The first-order chi connectivity index (χ1) is 7.19. The highest BCUT2D eigenvalue weighted by molar-refractivity contribution is 5.95. The van der Waals surface area contributed by atoms with E-state index in [4.69, 9.17) is 20.6 Å². The molecule has 0 bridgehead atoms. The van der Waals surface area contributed by atoms with E-state index < -0.39 is 0 Å². The molecular formula is C11H17ClN2O2. The van der Waals surface area contributed by atoms with Gasteiger partial charge in [-0.25, -0.2) is 0 Å². The van der Waals surface area contributed by atoms with Crippen LogP contribution in [-0.2, 0) is 0 Å². The van der Waals surface area contributed by atoms with Gasteiger partial charge < -0.3 is 15.2 Å². The van der Waals surface area contributed by atoms with Gasteiger partial charge in [-0.1, -0.05) is 6.92 Å². The largest absolute Gasteiger partial charge is 0.493 e. The second kappa shape index (κ2) is 6.95. The Morgan fingerprint density at radius 3 is 2.56 bits per heavy atom. The van der Waals surface area contributed by atoms with Gasteiger partial charge in [-0.3, -0.25) is 5.41 Å². The van der Waals surface area contributed by atoms with Gasteiger partial charge in [0.15, 0.2) is 11.5 Å². The third-order valence-electron chi connectivity index (χ3n) is 1.94. The Kier molecular flexibility index (Phi) is 6.34. The second-order valence-corrected chi connectivity index (χ2v) is 3.13. The molecule has 0 unspecified atom stereocenters. The maximum Gasteiger partial charge on any atom is 0.161 e. The molecular weight excluding hydrogens is 228 g/mol. The van der Waals surface area contributed by atoms with Crippen LogP contribution >= 0.6 is 12.4 Å². The molecule has 0 heterocycles. The predicted octanol–water partition coefficient (Wildman–Crippen LogP) is 2.19. The number of nitrogen functional groups attached to an aromatic ring is 1. The van der Waals surface area contributed by atoms with Crippen LogP contribution in [0.1, 0.15) is 18.9 Å². The molecule has 0 aliphatic heterocycles. The third kappa shape index (κ3) is 3.62. The van der Waals surface area contributed by atoms with E-state index in [-0.39, 0.29) is 18.2 Å². The van der Waals surface area contributed by atoms with Crippen molar-refractivity contribution in [1.29, 1.82) is 5.41 Å². The molecule has 1 aromatic rings. The molecule has 0 atom stereocenters. The number of ether oxygens (including phenoxy) is 2. The van der Waals surface area contributed by atoms with Gasteiger partial charge in [-0.15, -0.1) is 12.4 Å². The zero-order chi connectivity index (χ0) is 11.3. The van der Waals surface area contributed by atoms with E-state index >= 15 is 0 Å². The van der Waals surface area contributed by atoms with E-state index in [2.05, 4.69) is 0 Å². The quantitative estimate of drug-likeness (QED) is 0.616. The summed E-state index contributed by atoms with van der Waals surface area (Å²) in [6.07, 6.45) is 0.942. The lowest BCUT2D eigenvalue weighted by atomic mass is 10.2. The van der Waals surface area contributed by atoms with Gasteiger partial charge in [-0.05, 0) is 24.6 Å². The lowest BCUT2D eigenvalue weighted by Gasteiger charge is -2.10. The minimum atomic E-state index is 0. The summed E-state index contributed by atoms with van der Waals surface area (Å²) in [6.45, 7) is 2.69. The molecule has 3 N–H and O–H groups in total. The lowest BCUT2D eigenvalue weighted by Crippen LogP contribution is -2.11. The Morgan fingerprint density at radius 1 is 1.38 bits per heavy atom. The topological polar surface area (TPSA) is 68.3 Å². The van der Waals surface area contributed by atoms with Gasteiger partial charge in [0.25, 0.3) is 0 Å². The molecule has 90 valence electrons. The molecule has 0 fully saturated rings. The maximum absolute atomic E-state index is 7.30. The van der Waals surface area contributed by atoms with Gasteiger partial charge in [0.1, 0.15) is 5.84 Å². The van der Waals surface area contributed by atoms with Gasteiger partial charge in [0.05, 0.1) is 13.7 Å². The molecule has 1 rings (SSSR count). The maximum atomic E-state index is 7.30. The molecule has 0 aliphatic rings. The van der Waals surface area contributed by atoms with Gasteiger partial charge in [-0.2, -0.15) is 0 Å². The average Bonchev–Trinajstić information content (AvgIpc) is 2.25. The smallest absolute Gasteiger partial charge is 0.161 e. The zero-order valence-electron chi connectivity index (χ0n) is 9.45. The first-order valence-corrected chi connectivity index (χ1v) is 4.84. The van der Waals surface area contributed by atoms with Crippen molar-refractivity contribution >= 4 is 18.2 Å². The molecule has 16 heavy (non-hydrogen) atoms. The average molecular weight is 245 g/mol. The molecule has 0 aliphatic carbocycles. The van der Waals surface area contributed by atoms with Crippen LogP contribution in [-0.4, -0.2) is 19.6 Å². The summed E-state index contributed by atoms with van der Waals surface area (Å²) < 4.78 is 10.6. The third-order valence-corrected chi connectivity index (χ3v) is 1.94. The van der Waals surface area contributed by atoms with Crippen LogP contribution in [0.3, 0.4) is 0 Å². The van der Waals surface area contributed by atoms with E-state index in [1.165, 1.54) is 0 Å². The van der Waals surface area contributed by atoms with E-state index in [9.17, 15) is 0 Å². The minimum Gasteiger partial charge on any atom is -0.493 e. The second-order valence-electron chi connectivity index (χ2n) is 3.13. The molecule has 0 aromatic heterocycles. The van der Waals surface area contributed by atoms with Crippen LogP contribution in [0.5, 0.6) is 11.5 Å². The van der Waals surface area contributed by atoms with Crippen molar-refractivity contribution < 1.29 is 9.47 Å². The minimum absolute atomic E-state index is 0. The molecule has 5 heteroatoms. The van der Waals surface area contributed by atoms with Crippen LogP contribution in [0.4, 0.5) is 0 Å². The standard InChI is InChI=1S/C11H16N2O2.ClH/c1-3-6-15-9-5-4-8(11(12)13)7-10(9)14-2;/h4-5,7H,3,6H2,1-2H3,(H3,12,13);1H. The Labute approximate surface area is 102 Å². The molecule has 0 amide bonds. The predicted molar refractivity (Wildman–Crippen MR) is 67.0 cm³/mol. The fourth-order valence-electron chi connectivity index (χ4n) is 1.17. The molecule has 1 aromatic carbocycles. The van der Waals surface area contributed by atoms with Crippen LogP contribution < -0.4 is 15.2 Å². The van der Waals surface area contributed by atoms with Gasteiger partial charge in [0.2, 0.25) is 0 Å². The summed E-state index contributed by atoms with van der Waals surface area (Å²) in [7, 11) is 1.57. The normalized spacial score (nSPS) is 9.12. The fourth-order valence-corrected chi connectivity index (χ4v) is 1.17. The van der Waals surface area contributed by atoms with Crippen molar-refractivity contribution in [1.82, 2.24) is 0 Å². The molecule has 0 spiro atoms. The van der Waals surface area contributed by atoms with Crippen molar-refractivity contribution in [3.05, 3.63) is 23.8 Å². The first-order valence-electron chi connectivity index (χ1n) is 4.84. The Balaban J connectivity index is 0.00000225. The Morgan fingerprint density at radius 2 is 2.06 bits per heavy atom. The number of benzene rings is 1. The highest BCUT2D eigenvalue weighted by Gasteiger charge is 2.06. The van der Waals surface area contributed by atoms with E-state index in [1.54, 1.807) is 25.3 Å². The van der Waals surface area contributed by atoms with Gasteiger partial charge in [0, 0.05) is 5.56 Å². The SMILES string of the molecule is CCCOc1ccc(C(=N)N)cc1OC.Cl. The fraction of sp³-hybridized carbons (Fsp3) is 0.364. The Hall–Kier alpha value is -1.42. The number of methoxy groups -OCH3 is 1. The van der Waals surface area contributed by atoms with Crippen molar-refractivity contribution in [2.75, 3.05) is 13.7 Å². The molecule has 0 radical (unpaired) electrons. The zero-order valence-corrected chi connectivity index (χ0v) is 10.3. The molecule has 4 nitrogen and oxygen atoms in total. The summed E-state index contributed by atoms with van der Waals surface area (Å²) in [6, 6.07) is 5.22. The lowest BCUT2D eigenvalue weighted by molar-refractivity contribution is 0.294. The van der Waals surface area contributed by atoms with E-state index in [0.29, 0.717) is 23.7 Å². The number of hydrogen-bond acceptors (Lipinski definition) is 3. The molecule has 0 saturated carbocycles. The monoisotopic (exact) mass is 244 g/mol. The molecule has 0 saturated heterocycles. The number of amidine groups is 1. The van der Waals surface area contributed by atoms with Crippen LogP contribution in [0.25, 0.3) is 0 Å². The van der Waals surface area contributed by atoms with Crippen molar-refractivity contribution in [3.63, 3.8) is 0 Å². The number of nitrogens with two attached hydrogens (primary N) is 1. The van der Waals surface area contributed by atoms with Crippen LogP contribution in [0, 0.1) is 5.41 Å². The van der Waals surface area contributed by atoms with Crippen LogP contribution in [0.2, 0.25) is 0 Å². The van der Waals surface area contributed by atoms with E-state index in [1.807, 2.05) is 6.92 Å². The number of halogens is 1. The van der Waals surface area contributed by atoms with Gasteiger partial charge >= 0.3 is 0 Å². The summed E-state index contributed by atoms with van der Waals surface area (Å²) in [5.41, 5.74) is 6.01. The number of nitrogens with one attached hydrogen (secondary N) is 1. The van der Waals surface area contributed by atoms with Crippen molar-refractivity contribution in [2.45, 2.75) is 13.3 Å². The van der Waals surface area contributed by atoms with Crippen LogP contribution in [0.15, 0.2) is 18.2 Å². The highest BCUT2D eigenvalue weighted by Crippen LogP contribution is 2.27. The van der Waals surface area contributed by atoms with Crippen molar-refractivity contribution in [3.8, 4) is 11.5 Å². The summed E-state index contributed by atoms with van der Waals surface area (Å²) in [5, 5.41) is 7.30. The number of hydrogen-bond donors (Lipinski definition) is 2. The summed E-state index contributed by atoms with van der Waals surface area (Å²) in [4.78, 5) is 0. The Bertz CT molecular complexity index is 356.